The van der Waals surface area contributed by atoms with E-state index in [0.29, 0.717) is 10.6 Å². The number of para-hydroxylation sites is 1. The molecule has 0 aliphatic carbocycles. The Labute approximate surface area is 179 Å². The van der Waals surface area contributed by atoms with Crippen LogP contribution in [-0.2, 0) is 6.54 Å². The van der Waals surface area contributed by atoms with Gasteiger partial charge in [0.1, 0.15) is 0 Å². The lowest BCUT2D eigenvalue weighted by molar-refractivity contribution is 0.827. The number of aromatic nitrogens is 4. The molecule has 0 radical (unpaired) electrons. The number of fused-ring (bicyclic) bond motifs is 3. The van der Waals surface area contributed by atoms with Crippen molar-refractivity contribution in [3.05, 3.63) is 82.6 Å². The molecule has 2 aromatic heterocycles. The third kappa shape index (κ3) is 2.97. The van der Waals surface area contributed by atoms with Gasteiger partial charge in [-0.2, -0.15) is 14.9 Å². The largest absolute Gasteiger partial charge is 0.341 e. The highest BCUT2D eigenvalue weighted by molar-refractivity contribution is 7.71. The molecule has 2 heterocycles. The van der Waals surface area contributed by atoms with Gasteiger partial charge in [-0.15, -0.1) is 0 Å². The molecule has 5 nitrogen and oxygen atoms in total. The lowest BCUT2D eigenvalue weighted by Gasteiger charge is -2.04. The summed E-state index contributed by atoms with van der Waals surface area (Å²) in [6, 6.07) is 23.0. The summed E-state index contributed by atoms with van der Waals surface area (Å²) in [5.74, 6) is 0.706. The first-order valence-corrected chi connectivity index (χ1v) is 10.4. The number of nitrogens with zero attached hydrogens (tertiary/aromatic N) is 4. The quantitative estimate of drug-likeness (QED) is 0.294. The number of H-pyrrole nitrogens is 1. The van der Waals surface area contributed by atoms with Crippen molar-refractivity contribution in [3.63, 3.8) is 0 Å². The van der Waals surface area contributed by atoms with Crippen LogP contribution in [0.3, 0.4) is 0 Å². The van der Waals surface area contributed by atoms with Crippen LogP contribution in [0, 0.1) is 11.7 Å². The average molecular weight is 412 g/mol. The van der Waals surface area contributed by atoms with E-state index in [2.05, 4.69) is 82.2 Å². The van der Waals surface area contributed by atoms with E-state index < -0.39 is 0 Å². The summed E-state index contributed by atoms with van der Waals surface area (Å²) < 4.78 is 4.48. The van der Waals surface area contributed by atoms with Gasteiger partial charge in [0.2, 0.25) is 4.77 Å². The maximum absolute atomic E-state index is 5.42. The maximum atomic E-state index is 5.42. The summed E-state index contributed by atoms with van der Waals surface area (Å²) in [7, 11) is 0. The summed E-state index contributed by atoms with van der Waals surface area (Å²) in [6.45, 7) is 5.16. The standard InChI is InChI=1S/C24H21N5S/c1-3-28-21-11-7-6-10-19(21)20-14-17(12-13-22(20)28)15-25-29-23(26-27-24(29)30)18-9-5-4-8-16(18)2/h4-15H,3H2,1-2H3,(H,27,30)/b25-15-. The summed E-state index contributed by atoms with van der Waals surface area (Å²) in [5.41, 5.74) is 5.62. The molecule has 0 fully saturated rings. The molecule has 0 unspecified atom stereocenters. The SMILES string of the molecule is CCn1c2ccccc2c2cc(/C=N\n3c(-c4ccccc4C)n[nH]c3=S)ccc21. The van der Waals surface area contributed by atoms with Crippen LogP contribution in [0.1, 0.15) is 18.1 Å². The second-order valence-corrected chi connectivity index (χ2v) is 7.65. The van der Waals surface area contributed by atoms with Crippen molar-refractivity contribution in [3.8, 4) is 11.4 Å². The number of hydrogen-bond donors (Lipinski definition) is 1. The van der Waals surface area contributed by atoms with Gasteiger partial charge in [0.25, 0.3) is 0 Å². The van der Waals surface area contributed by atoms with Gasteiger partial charge >= 0.3 is 0 Å². The van der Waals surface area contributed by atoms with Crippen LogP contribution in [0.4, 0.5) is 0 Å². The molecule has 0 atom stereocenters. The average Bonchev–Trinajstić information content (AvgIpc) is 3.29. The number of rotatable bonds is 4. The van der Waals surface area contributed by atoms with Crippen LogP contribution in [-0.4, -0.2) is 25.7 Å². The number of aromatic amines is 1. The Morgan fingerprint density at radius 3 is 2.60 bits per heavy atom. The molecule has 3 aromatic carbocycles. The van der Waals surface area contributed by atoms with Crippen molar-refractivity contribution in [2.45, 2.75) is 20.4 Å². The zero-order valence-electron chi connectivity index (χ0n) is 16.8. The Morgan fingerprint density at radius 1 is 1.00 bits per heavy atom. The minimum absolute atomic E-state index is 0.466. The van der Waals surface area contributed by atoms with Gasteiger partial charge in [-0.25, -0.2) is 5.10 Å². The lowest BCUT2D eigenvalue weighted by atomic mass is 10.1. The molecule has 0 bridgehead atoms. The minimum Gasteiger partial charge on any atom is -0.341 e. The second kappa shape index (κ2) is 7.39. The molecule has 5 rings (SSSR count). The van der Waals surface area contributed by atoms with Crippen molar-refractivity contribution >= 4 is 40.2 Å². The number of hydrogen-bond acceptors (Lipinski definition) is 3. The Bertz CT molecular complexity index is 1470. The van der Waals surface area contributed by atoms with E-state index in [1.807, 2.05) is 24.4 Å². The van der Waals surface area contributed by atoms with Gasteiger partial charge in [-0.1, -0.05) is 48.5 Å². The van der Waals surface area contributed by atoms with E-state index >= 15 is 0 Å². The smallest absolute Gasteiger partial charge is 0.216 e. The highest BCUT2D eigenvalue weighted by Gasteiger charge is 2.11. The van der Waals surface area contributed by atoms with Crippen LogP contribution < -0.4 is 0 Å². The molecule has 148 valence electrons. The first-order chi connectivity index (χ1) is 14.7. The van der Waals surface area contributed by atoms with Crippen LogP contribution >= 0.6 is 12.2 Å². The summed E-state index contributed by atoms with van der Waals surface area (Å²) >= 11 is 5.42. The fraction of sp³-hybridized carbons (Fsp3) is 0.125. The fourth-order valence-electron chi connectivity index (χ4n) is 4.01. The zero-order valence-corrected chi connectivity index (χ0v) is 17.6. The van der Waals surface area contributed by atoms with Gasteiger partial charge < -0.3 is 4.57 Å². The van der Waals surface area contributed by atoms with E-state index in [0.717, 1.165) is 23.2 Å². The van der Waals surface area contributed by atoms with Crippen LogP contribution in [0.5, 0.6) is 0 Å². The summed E-state index contributed by atoms with van der Waals surface area (Å²) in [4.78, 5) is 0. The second-order valence-electron chi connectivity index (χ2n) is 7.26. The first-order valence-electron chi connectivity index (χ1n) is 9.96. The molecule has 6 heteroatoms. The van der Waals surface area contributed by atoms with Gasteiger partial charge in [0, 0.05) is 33.9 Å². The van der Waals surface area contributed by atoms with Gasteiger partial charge in [0.05, 0.1) is 6.21 Å². The van der Waals surface area contributed by atoms with E-state index in [9.17, 15) is 0 Å². The third-order valence-corrected chi connectivity index (χ3v) is 5.74. The molecular formula is C24H21N5S. The predicted molar refractivity (Wildman–Crippen MR) is 126 cm³/mol. The maximum Gasteiger partial charge on any atom is 0.216 e. The highest BCUT2D eigenvalue weighted by atomic mass is 32.1. The van der Waals surface area contributed by atoms with Crippen LogP contribution in [0.2, 0.25) is 0 Å². The molecule has 0 aliphatic rings. The Morgan fingerprint density at radius 2 is 1.77 bits per heavy atom. The molecule has 30 heavy (non-hydrogen) atoms. The van der Waals surface area contributed by atoms with Gasteiger partial charge in [-0.05, 0) is 55.4 Å². The van der Waals surface area contributed by atoms with Gasteiger partial charge in [0.15, 0.2) is 5.82 Å². The van der Waals surface area contributed by atoms with E-state index in [1.165, 1.54) is 21.8 Å². The summed E-state index contributed by atoms with van der Waals surface area (Å²) in [5, 5.41) is 14.4. The molecule has 0 saturated carbocycles. The van der Waals surface area contributed by atoms with E-state index in [1.54, 1.807) is 4.68 Å². The molecule has 0 saturated heterocycles. The molecule has 0 aliphatic heterocycles. The number of aryl methyl sites for hydroxylation is 2. The monoisotopic (exact) mass is 411 g/mol. The molecule has 1 N–H and O–H groups in total. The molecular weight excluding hydrogens is 390 g/mol. The highest BCUT2D eigenvalue weighted by Crippen LogP contribution is 2.29. The van der Waals surface area contributed by atoms with Crippen LogP contribution in [0.25, 0.3) is 33.2 Å². The fourth-order valence-corrected chi connectivity index (χ4v) is 4.19. The predicted octanol–water partition coefficient (Wildman–Crippen LogP) is 5.93. The Hall–Kier alpha value is -3.51. The topological polar surface area (TPSA) is 50.9 Å². The zero-order chi connectivity index (χ0) is 20.7. The minimum atomic E-state index is 0.466. The van der Waals surface area contributed by atoms with Crippen molar-refractivity contribution in [1.29, 1.82) is 0 Å². The summed E-state index contributed by atoms with van der Waals surface area (Å²) in [6.07, 6.45) is 1.84. The Kier molecular flexibility index (Phi) is 4.56. The van der Waals surface area contributed by atoms with Crippen molar-refractivity contribution in [2.24, 2.45) is 5.10 Å². The van der Waals surface area contributed by atoms with Crippen molar-refractivity contribution in [2.75, 3.05) is 0 Å². The molecule has 5 aromatic rings. The number of benzene rings is 3. The van der Waals surface area contributed by atoms with E-state index in [-0.39, 0.29) is 0 Å². The van der Waals surface area contributed by atoms with Crippen LogP contribution in [0.15, 0.2) is 71.8 Å². The third-order valence-electron chi connectivity index (χ3n) is 5.47. The molecule has 0 amide bonds. The van der Waals surface area contributed by atoms with Crippen molar-refractivity contribution < 1.29 is 0 Å². The van der Waals surface area contributed by atoms with E-state index in [4.69, 9.17) is 12.2 Å². The van der Waals surface area contributed by atoms with Gasteiger partial charge in [-0.3, -0.25) is 0 Å². The lowest BCUT2D eigenvalue weighted by Crippen LogP contribution is -1.96. The normalized spacial score (nSPS) is 11.8. The Balaban J connectivity index is 1.61. The first kappa shape index (κ1) is 18.5. The number of nitrogens with one attached hydrogen (secondary N) is 1. The molecule has 0 spiro atoms. The van der Waals surface area contributed by atoms with Crippen molar-refractivity contribution in [1.82, 2.24) is 19.4 Å².